The molecule has 0 aliphatic heterocycles. The second kappa shape index (κ2) is 5.46. The first kappa shape index (κ1) is 14.0. The van der Waals surface area contributed by atoms with Crippen molar-refractivity contribution in [1.82, 2.24) is 20.2 Å². The molecular formula is C13H22N4O2S. The lowest BCUT2D eigenvalue weighted by Gasteiger charge is -2.13. The molecule has 2 aliphatic carbocycles. The Bertz CT molecular complexity index is 565. The number of hydrogen-bond donors (Lipinski definition) is 3. The maximum absolute atomic E-state index is 12.4. The molecule has 0 aromatic carbocycles. The third-order valence-electron chi connectivity index (χ3n) is 4.12. The predicted molar refractivity (Wildman–Crippen MR) is 75.6 cm³/mol. The van der Waals surface area contributed by atoms with Crippen molar-refractivity contribution in [1.29, 1.82) is 0 Å². The largest absolute Gasteiger partial charge is 0.310 e. The van der Waals surface area contributed by atoms with Crippen LogP contribution in [0.5, 0.6) is 0 Å². The first-order chi connectivity index (χ1) is 9.54. The number of rotatable bonds is 6. The number of aromatic amines is 1. The van der Waals surface area contributed by atoms with Crippen LogP contribution < -0.4 is 10.0 Å². The molecule has 2 unspecified atom stereocenters. The van der Waals surface area contributed by atoms with Crippen molar-refractivity contribution in [2.75, 3.05) is 0 Å². The van der Waals surface area contributed by atoms with E-state index in [1.807, 2.05) is 0 Å². The summed E-state index contributed by atoms with van der Waals surface area (Å²) in [5, 5.41) is 10.1. The third kappa shape index (κ3) is 3.21. The summed E-state index contributed by atoms with van der Waals surface area (Å²) in [4.78, 5) is 0. The zero-order valence-electron chi connectivity index (χ0n) is 11.7. The Kier molecular flexibility index (Phi) is 3.83. The molecule has 3 rings (SSSR count). The minimum absolute atomic E-state index is 0.0579. The van der Waals surface area contributed by atoms with Gasteiger partial charge in [0.25, 0.3) is 10.0 Å². The lowest BCUT2D eigenvalue weighted by molar-refractivity contribution is 0.534. The summed E-state index contributed by atoms with van der Waals surface area (Å²) in [6, 6.07) is 0.603. The summed E-state index contributed by atoms with van der Waals surface area (Å²) >= 11 is 0. The van der Waals surface area contributed by atoms with Crippen LogP contribution in [-0.2, 0) is 16.6 Å². The molecule has 3 N–H and O–H groups in total. The van der Waals surface area contributed by atoms with Crippen LogP contribution in [0.3, 0.4) is 0 Å². The van der Waals surface area contributed by atoms with E-state index in [0.717, 1.165) is 24.8 Å². The fraction of sp³-hybridized carbons (Fsp3) is 0.769. The smallest absolute Gasteiger partial charge is 0.258 e. The first-order valence-corrected chi connectivity index (χ1v) is 8.81. The number of aromatic nitrogens is 2. The molecule has 0 bridgehead atoms. The van der Waals surface area contributed by atoms with E-state index >= 15 is 0 Å². The van der Waals surface area contributed by atoms with Gasteiger partial charge in [0.2, 0.25) is 0 Å². The Labute approximate surface area is 119 Å². The number of hydrogen-bond acceptors (Lipinski definition) is 4. The van der Waals surface area contributed by atoms with Crippen LogP contribution >= 0.6 is 0 Å². The zero-order valence-corrected chi connectivity index (χ0v) is 12.5. The quantitative estimate of drug-likeness (QED) is 0.735. The van der Waals surface area contributed by atoms with E-state index in [-0.39, 0.29) is 11.1 Å². The van der Waals surface area contributed by atoms with Gasteiger partial charge in [0, 0.05) is 24.2 Å². The molecule has 0 saturated heterocycles. The molecule has 0 spiro atoms. The number of H-pyrrole nitrogens is 1. The van der Waals surface area contributed by atoms with Crippen LogP contribution in [0.2, 0.25) is 0 Å². The molecule has 20 heavy (non-hydrogen) atoms. The van der Waals surface area contributed by atoms with E-state index in [1.165, 1.54) is 12.8 Å². The van der Waals surface area contributed by atoms with E-state index in [1.54, 1.807) is 6.20 Å². The van der Waals surface area contributed by atoms with Gasteiger partial charge in [-0.2, -0.15) is 5.10 Å². The molecule has 1 aromatic rings. The van der Waals surface area contributed by atoms with Crippen molar-refractivity contribution in [2.24, 2.45) is 5.92 Å². The van der Waals surface area contributed by atoms with E-state index in [4.69, 9.17) is 0 Å². The highest BCUT2D eigenvalue weighted by Gasteiger charge is 2.29. The second-order valence-electron chi connectivity index (χ2n) is 6.12. The molecule has 1 aromatic heterocycles. The average molecular weight is 298 g/mol. The van der Waals surface area contributed by atoms with Crippen molar-refractivity contribution < 1.29 is 8.42 Å². The molecule has 1 heterocycles. The van der Waals surface area contributed by atoms with Crippen LogP contribution in [-0.4, -0.2) is 30.7 Å². The summed E-state index contributed by atoms with van der Waals surface area (Å²) in [7, 11) is -3.49. The van der Waals surface area contributed by atoms with Gasteiger partial charge in [-0.15, -0.1) is 0 Å². The van der Waals surface area contributed by atoms with E-state index in [9.17, 15) is 8.42 Å². The zero-order chi connectivity index (χ0) is 14.2. The van der Waals surface area contributed by atoms with Gasteiger partial charge in [0.1, 0.15) is 0 Å². The normalized spacial score (nSPS) is 27.1. The Balaban J connectivity index is 1.68. The van der Waals surface area contributed by atoms with Crippen molar-refractivity contribution in [2.45, 2.75) is 62.7 Å². The summed E-state index contributed by atoms with van der Waals surface area (Å²) in [5.74, 6) is 0.598. The van der Waals surface area contributed by atoms with Crippen LogP contribution in [0, 0.1) is 5.92 Å². The van der Waals surface area contributed by atoms with Crippen LogP contribution in [0.1, 0.15) is 44.6 Å². The van der Waals surface area contributed by atoms with Gasteiger partial charge in [-0.1, -0.05) is 6.92 Å². The fourth-order valence-corrected chi connectivity index (χ4v) is 4.21. The van der Waals surface area contributed by atoms with Gasteiger partial charge in [0.05, 0.1) is 6.20 Å². The second-order valence-corrected chi connectivity index (χ2v) is 7.77. The van der Waals surface area contributed by atoms with Gasteiger partial charge in [-0.25, -0.2) is 13.1 Å². The molecular weight excluding hydrogens is 276 g/mol. The molecule has 2 fully saturated rings. The molecule has 7 heteroatoms. The average Bonchev–Trinajstić information content (AvgIpc) is 2.93. The highest BCUT2D eigenvalue weighted by Crippen LogP contribution is 2.26. The standard InChI is InChI=1S/C13H22N4O2S/c1-9-2-3-12(6-9)17-20(18,19)13-10(8-15-16-13)7-14-11-4-5-11/h8-9,11-12,14,17H,2-7H2,1H3,(H,15,16). The Morgan fingerprint density at radius 2 is 2.05 bits per heavy atom. The molecule has 0 amide bonds. The maximum atomic E-state index is 12.4. The third-order valence-corrected chi connectivity index (χ3v) is 5.66. The highest BCUT2D eigenvalue weighted by molar-refractivity contribution is 7.89. The van der Waals surface area contributed by atoms with Gasteiger partial charge < -0.3 is 5.32 Å². The molecule has 2 aliphatic rings. The lowest BCUT2D eigenvalue weighted by atomic mass is 10.1. The van der Waals surface area contributed by atoms with Gasteiger partial charge in [-0.3, -0.25) is 5.10 Å². The summed E-state index contributed by atoms with van der Waals surface area (Å²) in [6.45, 7) is 2.72. The highest BCUT2D eigenvalue weighted by atomic mass is 32.2. The minimum Gasteiger partial charge on any atom is -0.310 e. The van der Waals surface area contributed by atoms with Gasteiger partial charge in [0.15, 0.2) is 5.03 Å². The van der Waals surface area contributed by atoms with E-state index < -0.39 is 10.0 Å². The SMILES string of the molecule is CC1CCC(NS(=O)(=O)c2[nH]ncc2CNC2CC2)C1. The molecule has 0 radical (unpaired) electrons. The van der Waals surface area contributed by atoms with E-state index in [2.05, 4.69) is 27.2 Å². The van der Waals surface area contributed by atoms with Gasteiger partial charge >= 0.3 is 0 Å². The molecule has 112 valence electrons. The summed E-state index contributed by atoms with van der Waals surface area (Å²) < 4.78 is 27.7. The van der Waals surface area contributed by atoms with Crippen molar-refractivity contribution in [3.8, 4) is 0 Å². The topological polar surface area (TPSA) is 86.9 Å². The Hall–Kier alpha value is -0.920. The van der Waals surface area contributed by atoms with Crippen molar-refractivity contribution in [3.63, 3.8) is 0 Å². The van der Waals surface area contributed by atoms with Crippen molar-refractivity contribution in [3.05, 3.63) is 11.8 Å². The molecule has 6 nitrogen and oxygen atoms in total. The van der Waals surface area contributed by atoms with Crippen LogP contribution in [0.15, 0.2) is 11.2 Å². The number of nitrogens with zero attached hydrogens (tertiary/aromatic N) is 1. The van der Waals surface area contributed by atoms with Crippen LogP contribution in [0.25, 0.3) is 0 Å². The van der Waals surface area contributed by atoms with E-state index in [0.29, 0.717) is 18.5 Å². The Morgan fingerprint density at radius 3 is 2.70 bits per heavy atom. The minimum atomic E-state index is -3.49. The number of nitrogens with one attached hydrogen (secondary N) is 3. The first-order valence-electron chi connectivity index (χ1n) is 7.32. The van der Waals surface area contributed by atoms with Crippen molar-refractivity contribution >= 4 is 10.0 Å². The Morgan fingerprint density at radius 1 is 1.30 bits per heavy atom. The predicted octanol–water partition coefficient (Wildman–Crippen LogP) is 1.13. The van der Waals surface area contributed by atoms with Crippen LogP contribution in [0.4, 0.5) is 0 Å². The monoisotopic (exact) mass is 298 g/mol. The lowest BCUT2D eigenvalue weighted by Crippen LogP contribution is -2.34. The summed E-state index contributed by atoms with van der Waals surface area (Å²) in [6.07, 6.45) is 6.89. The molecule has 2 atom stereocenters. The summed E-state index contributed by atoms with van der Waals surface area (Å²) in [5.41, 5.74) is 0.718. The molecule has 2 saturated carbocycles. The number of sulfonamides is 1. The maximum Gasteiger partial charge on any atom is 0.258 e. The fourth-order valence-electron chi connectivity index (χ4n) is 2.79. The van der Waals surface area contributed by atoms with Gasteiger partial charge in [-0.05, 0) is 38.0 Å².